The van der Waals surface area contributed by atoms with Crippen LogP contribution in [0.25, 0.3) is 0 Å². The summed E-state index contributed by atoms with van der Waals surface area (Å²) in [6, 6.07) is 0. The second-order valence-electron chi connectivity index (χ2n) is 6.08. The van der Waals surface area contributed by atoms with Gasteiger partial charge in [0.1, 0.15) is 0 Å². The number of halogens is 4. The van der Waals surface area contributed by atoms with E-state index >= 15 is 0 Å². The van der Waals surface area contributed by atoms with Crippen LogP contribution in [0.15, 0.2) is 10.4 Å². The van der Waals surface area contributed by atoms with E-state index in [-0.39, 0.29) is 24.0 Å². The quantitative estimate of drug-likeness (QED) is 0.328. The highest BCUT2D eigenvalue weighted by Crippen LogP contribution is 2.29. The van der Waals surface area contributed by atoms with E-state index in [1.54, 1.807) is 7.05 Å². The molecular formula is C16H28F3IN6S. The van der Waals surface area contributed by atoms with E-state index in [1.165, 1.54) is 0 Å². The number of rotatable bonds is 7. The maximum Gasteiger partial charge on any atom is 0.434 e. The number of hydrogen-bond donors (Lipinski definition) is 2. The van der Waals surface area contributed by atoms with E-state index in [9.17, 15) is 13.2 Å². The van der Waals surface area contributed by atoms with Gasteiger partial charge in [0.05, 0.1) is 5.01 Å². The molecule has 0 spiro atoms. The Morgan fingerprint density at radius 3 is 2.37 bits per heavy atom. The number of hydrogen-bond acceptors (Lipinski definition) is 5. The fraction of sp³-hybridized carbons (Fsp3) is 0.750. The Balaban J connectivity index is 0.00000364. The summed E-state index contributed by atoms with van der Waals surface area (Å²) in [4.78, 5) is 12.6. The van der Waals surface area contributed by atoms with E-state index in [1.807, 2.05) is 0 Å². The van der Waals surface area contributed by atoms with Gasteiger partial charge >= 0.3 is 6.18 Å². The minimum Gasteiger partial charge on any atom is -0.356 e. The van der Waals surface area contributed by atoms with Crippen molar-refractivity contribution in [3.05, 3.63) is 16.1 Å². The van der Waals surface area contributed by atoms with E-state index in [0.29, 0.717) is 23.9 Å². The first kappa shape index (κ1) is 24.4. The summed E-state index contributed by atoms with van der Waals surface area (Å²) in [5, 5.41) is 7.88. The summed E-state index contributed by atoms with van der Waals surface area (Å²) >= 11 is 1.03. The van der Waals surface area contributed by atoms with Crippen LogP contribution in [-0.4, -0.2) is 80.1 Å². The summed E-state index contributed by atoms with van der Waals surface area (Å²) in [6.45, 7) is 9.87. The van der Waals surface area contributed by atoms with Crippen molar-refractivity contribution in [2.24, 2.45) is 4.99 Å². The maximum absolute atomic E-state index is 12.5. The number of aromatic nitrogens is 1. The lowest BCUT2D eigenvalue weighted by molar-refractivity contribution is -0.140. The fourth-order valence-corrected chi connectivity index (χ4v) is 3.53. The van der Waals surface area contributed by atoms with Crippen molar-refractivity contribution >= 4 is 41.3 Å². The Labute approximate surface area is 179 Å². The molecule has 1 aliphatic rings. The number of nitrogens with one attached hydrogen (secondary N) is 2. The number of likely N-dealkylation sites (N-methyl/N-ethyl adjacent to an activating group) is 1. The van der Waals surface area contributed by atoms with Crippen molar-refractivity contribution in [2.45, 2.75) is 19.5 Å². The van der Waals surface area contributed by atoms with Gasteiger partial charge < -0.3 is 15.5 Å². The van der Waals surface area contributed by atoms with E-state index in [2.05, 4.69) is 37.3 Å². The predicted molar refractivity (Wildman–Crippen MR) is 114 cm³/mol. The third kappa shape index (κ3) is 8.48. The van der Waals surface area contributed by atoms with Gasteiger partial charge in [-0.2, -0.15) is 13.2 Å². The molecule has 2 N–H and O–H groups in total. The molecule has 2 heterocycles. The van der Waals surface area contributed by atoms with Crippen molar-refractivity contribution in [3.8, 4) is 0 Å². The minimum atomic E-state index is -4.37. The minimum absolute atomic E-state index is 0. The highest BCUT2D eigenvalue weighted by atomic mass is 127. The number of piperazine rings is 1. The summed E-state index contributed by atoms with van der Waals surface area (Å²) in [7, 11) is 1.68. The average molecular weight is 520 g/mol. The van der Waals surface area contributed by atoms with Crippen LogP contribution in [0, 0.1) is 0 Å². The molecule has 0 radical (unpaired) electrons. The van der Waals surface area contributed by atoms with Crippen molar-refractivity contribution < 1.29 is 13.2 Å². The Bertz CT molecular complexity index is 573. The number of thiazole rings is 1. The summed E-state index contributed by atoms with van der Waals surface area (Å²) in [6.07, 6.45) is -3.94. The number of guanidine groups is 1. The molecule has 0 amide bonds. The zero-order valence-corrected chi connectivity index (χ0v) is 18.8. The van der Waals surface area contributed by atoms with Crippen LogP contribution in [0.4, 0.5) is 13.2 Å². The molecule has 0 unspecified atom stereocenters. The number of nitrogens with zero attached hydrogens (tertiary/aromatic N) is 4. The van der Waals surface area contributed by atoms with Gasteiger partial charge in [-0.25, -0.2) is 4.98 Å². The predicted octanol–water partition coefficient (Wildman–Crippen LogP) is 2.12. The van der Waals surface area contributed by atoms with Gasteiger partial charge in [-0.1, -0.05) is 6.92 Å². The lowest BCUT2D eigenvalue weighted by Crippen LogP contribution is -2.49. The first-order valence-electron chi connectivity index (χ1n) is 8.83. The molecule has 0 atom stereocenters. The van der Waals surface area contributed by atoms with Gasteiger partial charge in [0, 0.05) is 64.7 Å². The smallest absolute Gasteiger partial charge is 0.356 e. The molecule has 0 bridgehead atoms. The molecule has 0 saturated carbocycles. The molecule has 1 aliphatic heterocycles. The lowest BCUT2D eigenvalue weighted by Gasteiger charge is -2.34. The number of aliphatic imine (C=N–C) groups is 1. The molecule has 2 rings (SSSR count). The zero-order valence-electron chi connectivity index (χ0n) is 15.7. The van der Waals surface area contributed by atoms with Crippen LogP contribution in [0.3, 0.4) is 0 Å². The third-order valence-corrected chi connectivity index (χ3v) is 5.24. The molecule has 1 aromatic rings. The number of alkyl halides is 3. The highest BCUT2D eigenvalue weighted by Gasteiger charge is 2.33. The summed E-state index contributed by atoms with van der Waals surface area (Å²) in [5.41, 5.74) is -0.817. The molecule has 1 saturated heterocycles. The van der Waals surface area contributed by atoms with Gasteiger partial charge in [-0.3, -0.25) is 9.89 Å². The largest absolute Gasteiger partial charge is 0.434 e. The topological polar surface area (TPSA) is 55.8 Å². The molecule has 0 aromatic carbocycles. The van der Waals surface area contributed by atoms with Crippen LogP contribution >= 0.6 is 35.3 Å². The Hall–Kier alpha value is -0.660. The maximum atomic E-state index is 12.5. The van der Waals surface area contributed by atoms with E-state index in [0.717, 1.165) is 62.5 Å². The monoisotopic (exact) mass is 520 g/mol. The Morgan fingerprint density at radius 2 is 1.81 bits per heavy atom. The van der Waals surface area contributed by atoms with E-state index in [4.69, 9.17) is 0 Å². The van der Waals surface area contributed by atoms with Crippen molar-refractivity contribution in [1.29, 1.82) is 0 Å². The molecule has 1 aromatic heterocycles. The molecule has 156 valence electrons. The van der Waals surface area contributed by atoms with Gasteiger partial charge in [0.25, 0.3) is 0 Å². The molecule has 1 fully saturated rings. The van der Waals surface area contributed by atoms with Crippen molar-refractivity contribution in [3.63, 3.8) is 0 Å². The van der Waals surface area contributed by atoms with Crippen LogP contribution in [0.1, 0.15) is 17.6 Å². The molecule has 0 aliphatic carbocycles. The fourth-order valence-electron chi connectivity index (χ4n) is 2.73. The molecule has 27 heavy (non-hydrogen) atoms. The van der Waals surface area contributed by atoms with Gasteiger partial charge in [0.15, 0.2) is 11.7 Å². The summed E-state index contributed by atoms with van der Waals surface area (Å²) < 4.78 is 37.6. The first-order valence-corrected chi connectivity index (χ1v) is 9.71. The van der Waals surface area contributed by atoms with Crippen LogP contribution in [0.2, 0.25) is 0 Å². The lowest BCUT2D eigenvalue weighted by atomic mass is 10.3. The van der Waals surface area contributed by atoms with Gasteiger partial charge in [-0.15, -0.1) is 35.3 Å². The molecule has 6 nitrogen and oxygen atoms in total. The molecule has 11 heteroatoms. The second kappa shape index (κ2) is 12.0. The van der Waals surface area contributed by atoms with Crippen molar-refractivity contribution in [2.75, 3.05) is 59.4 Å². The SMILES string of the molecule is CCN1CCN(CCNC(=NC)NCCc2nc(C(F)(F)F)cs2)CC1.I. The Morgan fingerprint density at radius 1 is 1.19 bits per heavy atom. The van der Waals surface area contributed by atoms with Crippen LogP contribution < -0.4 is 10.6 Å². The average Bonchev–Trinajstić information content (AvgIpc) is 3.10. The van der Waals surface area contributed by atoms with Gasteiger partial charge in [0.2, 0.25) is 0 Å². The molecular weight excluding hydrogens is 492 g/mol. The van der Waals surface area contributed by atoms with Crippen LogP contribution in [-0.2, 0) is 12.6 Å². The van der Waals surface area contributed by atoms with E-state index < -0.39 is 11.9 Å². The zero-order chi connectivity index (χ0) is 19.0. The standard InChI is InChI=1S/C16H27F3N6S.HI/c1-3-24-8-10-25(11-9-24)7-6-22-15(20-2)21-5-4-14-23-13(12-26-14)16(17,18)19;/h12H,3-11H2,1-2H3,(H2,20,21,22);1H. The first-order chi connectivity index (χ1) is 12.4. The summed E-state index contributed by atoms with van der Waals surface area (Å²) in [5.74, 6) is 0.657. The van der Waals surface area contributed by atoms with Gasteiger partial charge in [-0.05, 0) is 6.54 Å². The third-order valence-electron chi connectivity index (χ3n) is 4.33. The normalized spacial score (nSPS) is 16.9. The van der Waals surface area contributed by atoms with Crippen LogP contribution in [0.5, 0.6) is 0 Å². The second-order valence-corrected chi connectivity index (χ2v) is 7.02. The highest BCUT2D eigenvalue weighted by molar-refractivity contribution is 14.0. The van der Waals surface area contributed by atoms with Crippen molar-refractivity contribution in [1.82, 2.24) is 25.4 Å². The Kier molecular flexibility index (Phi) is 10.9.